The van der Waals surface area contributed by atoms with Crippen LogP contribution in [0.3, 0.4) is 0 Å². The maximum absolute atomic E-state index is 13.4. The third kappa shape index (κ3) is 3.86. The lowest BCUT2D eigenvalue weighted by Crippen LogP contribution is -2.61. The summed E-state index contributed by atoms with van der Waals surface area (Å²) in [5.41, 5.74) is -2.04. The molecule has 8 heteroatoms. The number of aliphatic hydroxyl groups excluding tert-OH is 1. The quantitative estimate of drug-likeness (QED) is 0.378. The average Bonchev–Trinajstić information content (AvgIpc) is 3.13. The van der Waals surface area contributed by atoms with Crippen LogP contribution in [0.5, 0.6) is 0 Å². The topological polar surface area (TPSA) is 138 Å². The van der Waals surface area contributed by atoms with E-state index >= 15 is 0 Å². The van der Waals surface area contributed by atoms with Crippen LogP contribution in [0.4, 0.5) is 0 Å². The van der Waals surface area contributed by atoms with Gasteiger partial charge in [-0.2, -0.15) is 0 Å². The zero-order chi connectivity index (χ0) is 26.8. The predicted molar refractivity (Wildman–Crippen MR) is 132 cm³/mol. The van der Waals surface area contributed by atoms with Gasteiger partial charge < -0.3 is 20.1 Å². The molecule has 0 aliphatic heterocycles. The Morgan fingerprint density at radius 2 is 1.81 bits per heavy atom. The van der Waals surface area contributed by atoms with Gasteiger partial charge >= 0.3 is 11.9 Å². The van der Waals surface area contributed by atoms with Crippen molar-refractivity contribution in [2.75, 3.05) is 6.61 Å². The van der Waals surface area contributed by atoms with Crippen LogP contribution < -0.4 is 0 Å². The maximum atomic E-state index is 13.4. The molecule has 0 amide bonds. The van der Waals surface area contributed by atoms with Crippen LogP contribution in [-0.4, -0.2) is 57.1 Å². The number of allylic oxidation sites excluding steroid dienone is 6. The number of carbonyl (C=O) groups excluding carboxylic acids is 3. The highest BCUT2D eigenvalue weighted by Gasteiger charge is 2.68. The van der Waals surface area contributed by atoms with Gasteiger partial charge in [-0.15, -0.1) is 0 Å². The summed E-state index contributed by atoms with van der Waals surface area (Å²) in [5, 5.41) is 32.7. The van der Waals surface area contributed by atoms with Crippen LogP contribution in [0.15, 0.2) is 36.0 Å². The molecule has 0 spiro atoms. The van der Waals surface area contributed by atoms with Crippen LogP contribution >= 0.6 is 0 Å². The molecule has 8 nitrogen and oxygen atoms in total. The van der Waals surface area contributed by atoms with E-state index in [-0.39, 0.29) is 49.2 Å². The van der Waals surface area contributed by atoms with E-state index in [0.717, 1.165) is 18.4 Å². The number of Topliss-reactive ketones (excluding diaryl/α,β-unsaturated/α-hetero) is 1. The fraction of sp³-hybridized carbons (Fsp3) is 0.655. The molecule has 3 fully saturated rings. The molecular formula is C29H36O8. The number of aliphatic hydroxyl groups is 2. The van der Waals surface area contributed by atoms with E-state index in [1.54, 1.807) is 24.3 Å². The van der Waals surface area contributed by atoms with Gasteiger partial charge in [0, 0.05) is 16.7 Å². The molecular weight excluding hydrogens is 476 g/mol. The molecule has 0 aromatic carbocycles. The lowest BCUT2D eigenvalue weighted by Gasteiger charge is -2.59. The van der Waals surface area contributed by atoms with Gasteiger partial charge in [0.15, 0.2) is 12.4 Å². The Balaban J connectivity index is 1.33. The highest BCUT2D eigenvalue weighted by Crippen LogP contribution is 2.67. The lowest BCUT2D eigenvalue weighted by molar-refractivity contribution is -0.182. The summed E-state index contributed by atoms with van der Waals surface area (Å²) in [6, 6.07) is 0. The monoisotopic (exact) mass is 512 g/mol. The minimum absolute atomic E-state index is 0.00479. The Kier molecular flexibility index (Phi) is 6.35. The smallest absolute Gasteiger partial charge is 0.310 e. The van der Waals surface area contributed by atoms with Gasteiger partial charge in [-0.25, -0.2) is 0 Å². The number of ether oxygens (including phenoxy) is 1. The highest BCUT2D eigenvalue weighted by atomic mass is 16.5. The second kappa shape index (κ2) is 9.02. The first-order valence-electron chi connectivity index (χ1n) is 13.3. The second-order valence-corrected chi connectivity index (χ2v) is 12.1. The summed E-state index contributed by atoms with van der Waals surface area (Å²) in [5.74, 6) is -4.26. The molecule has 3 N–H and O–H groups in total. The number of carboxylic acid groups (broad SMARTS) is 1. The average molecular weight is 513 g/mol. The summed E-state index contributed by atoms with van der Waals surface area (Å²) < 4.78 is 5.30. The minimum atomic E-state index is -1.75. The van der Waals surface area contributed by atoms with Crippen LogP contribution in [0.1, 0.15) is 58.8 Å². The Labute approximate surface area is 216 Å². The maximum Gasteiger partial charge on any atom is 0.310 e. The minimum Gasteiger partial charge on any atom is -0.481 e. The standard InChI is InChI=1S/C29H36O8/c1-27-11-9-17(30)13-16(27)7-8-20-21-10-12-29(36,28(21,2)14-22(31)24(20)27)23(32)15-37-26(35)19-6-4-3-5-18(19)25(33)34/h3-4,9,11,13,18-22,24,31,36H,5-8,10,12,14-15H2,1-2H3,(H,33,34)/t18-,19+,20-,21-,22-,24+,27-,28-,29-/m0/s1. The molecule has 5 aliphatic rings. The summed E-state index contributed by atoms with van der Waals surface area (Å²) >= 11 is 0. The number of fused-ring (bicyclic) bond motifs is 5. The van der Waals surface area contributed by atoms with Crippen molar-refractivity contribution in [1.82, 2.24) is 0 Å². The van der Waals surface area contributed by atoms with Gasteiger partial charge in [0.25, 0.3) is 0 Å². The Morgan fingerprint density at radius 3 is 2.51 bits per heavy atom. The number of ketones is 2. The molecule has 37 heavy (non-hydrogen) atoms. The summed E-state index contributed by atoms with van der Waals surface area (Å²) in [7, 11) is 0. The molecule has 200 valence electrons. The molecule has 0 aromatic heterocycles. The van der Waals surface area contributed by atoms with Crippen molar-refractivity contribution >= 4 is 23.5 Å². The first-order chi connectivity index (χ1) is 17.4. The van der Waals surface area contributed by atoms with Crippen molar-refractivity contribution in [1.29, 1.82) is 0 Å². The zero-order valence-electron chi connectivity index (χ0n) is 21.4. The van der Waals surface area contributed by atoms with Crippen LogP contribution in [0.2, 0.25) is 0 Å². The molecule has 0 saturated heterocycles. The summed E-state index contributed by atoms with van der Waals surface area (Å²) in [6.07, 6.45) is 10.9. The molecule has 0 unspecified atom stereocenters. The first-order valence-corrected chi connectivity index (χ1v) is 13.3. The third-order valence-electron chi connectivity index (χ3n) is 10.5. The van der Waals surface area contributed by atoms with Crippen molar-refractivity contribution < 1.29 is 39.2 Å². The van der Waals surface area contributed by atoms with E-state index in [4.69, 9.17) is 4.74 Å². The zero-order valence-corrected chi connectivity index (χ0v) is 21.4. The van der Waals surface area contributed by atoms with Crippen LogP contribution in [0.25, 0.3) is 0 Å². The number of hydrogen-bond acceptors (Lipinski definition) is 7. The molecule has 5 aliphatic carbocycles. The SMILES string of the molecule is C[C@]12C=CC(=O)C=C1CC[C@@H]1[C@@H]2[C@@H](O)C[C@@]2(C)[C@H]1CC[C@]2(O)C(=O)COC(=O)[C@@H]1CC=CC[C@@H]1C(=O)O. The van der Waals surface area contributed by atoms with E-state index in [2.05, 4.69) is 6.92 Å². The van der Waals surface area contributed by atoms with Crippen molar-refractivity contribution in [3.8, 4) is 0 Å². The summed E-state index contributed by atoms with van der Waals surface area (Å²) in [6.45, 7) is 3.31. The molecule has 0 bridgehead atoms. The van der Waals surface area contributed by atoms with E-state index < -0.39 is 58.7 Å². The normalized spacial score (nSPS) is 44.3. The number of aliphatic carboxylic acids is 1. The third-order valence-corrected chi connectivity index (χ3v) is 10.5. The lowest BCUT2D eigenvalue weighted by atomic mass is 9.46. The summed E-state index contributed by atoms with van der Waals surface area (Å²) in [4.78, 5) is 49.7. The molecule has 0 radical (unpaired) electrons. The largest absolute Gasteiger partial charge is 0.481 e. The molecule has 0 heterocycles. The van der Waals surface area contributed by atoms with Crippen molar-refractivity contribution in [3.05, 3.63) is 36.0 Å². The van der Waals surface area contributed by atoms with Gasteiger partial charge in [-0.3, -0.25) is 19.2 Å². The second-order valence-electron chi connectivity index (χ2n) is 12.1. The van der Waals surface area contributed by atoms with Crippen LogP contribution in [0, 0.1) is 40.4 Å². The number of hydrogen-bond donors (Lipinski definition) is 3. The van der Waals surface area contributed by atoms with Crippen LogP contribution in [-0.2, 0) is 23.9 Å². The Morgan fingerprint density at radius 1 is 1.11 bits per heavy atom. The fourth-order valence-electron chi connectivity index (χ4n) is 8.50. The van der Waals surface area contributed by atoms with Gasteiger partial charge in [0.1, 0.15) is 5.60 Å². The van der Waals surface area contributed by atoms with E-state index in [1.807, 2.05) is 13.0 Å². The number of carboxylic acids is 1. The Bertz CT molecular complexity index is 1120. The van der Waals surface area contributed by atoms with Crippen molar-refractivity contribution in [3.63, 3.8) is 0 Å². The van der Waals surface area contributed by atoms with E-state index in [9.17, 15) is 34.5 Å². The van der Waals surface area contributed by atoms with Gasteiger partial charge in [-0.05, 0) is 68.9 Å². The Hall–Kier alpha value is -2.58. The number of esters is 1. The van der Waals surface area contributed by atoms with Gasteiger partial charge in [-0.1, -0.05) is 37.6 Å². The fourth-order valence-corrected chi connectivity index (χ4v) is 8.50. The van der Waals surface area contributed by atoms with Crippen molar-refractivity contribution in [2.24, 2.45) is 40.4 Å². The number of carbonyl (C=O) groups is 4. The van der Waals surface area contributed by atoms with Crippen molar-refractivity contribution in [2.45, 2.75) is 70.5 Å². The van der Waals surface area contributed by atoms with Gasteiger partial charge in [0.2, 0.25) is 5.78 Å². The molecule has 0 aromatic rings. The molecule has 3 saturated carbocycles. The van der Waals surface area contributed by atoms with E-state index in [0.29, 0.717) is 6.42 Å². The number of rotatable bonds is 5. The molecule has 5 rings (SSSR count). The predicted octanol–water partition coefficient (Wildman–Crippen LogP) is 2.78. The first kappa shape index (κ1) is 26.0. The van der Waals surface area contributed by atoms with E-state index in [1.165, 1.54) is 0 Å². The van der Waals surface area contributed by atoms with Gasteiger partial charge in [0.05, 0.1) is 17.9 Å². The molecule has 9 atom stereocenters. The highest BCUT2D eigenvalue weighted by molar-refractivity contribution is 6.01.